The summed E-state index contributed by atoms with van der Waals surface area (Å²) in [5.74, 6) is 6.34. The molecule has 0 saturated heterocycles. The average molecular weight is 728 g/mol. The van der Waals surface area contributed by atoms with Gasteiger partial charge >= 0.3 is 0 Å². The largest absolute Gasteiger partial charge is 0.310 e. The number of benzene rings is 6. The van der Waals surface area contributed by atoms with Crippen molar-refractivity contribution in [3.05, 3.63) is 150 Å². The third kappa shape index (κ3) is 4.67. The number of hydrogen-bond acceptors (Lipinski definition) is 1. The number of rotatable bonds is 6. The summed E-state index contributed by atoms with van der Waals surface area (Å²) in [7, 11) is 0. The fourth-order valence-electron chi connectivity index (χ4n) is 15.3. The Balaban J connectivity index is 1.01. The summed E-state index contributed by atoms with van der Waals surface area (Å²) in [5.41, 5.74) is 15.3. The molecule has 6 aromatic rings. The first-order chi connectivity index (χ1) is 27.6. The highest BCUT2D eigenvalue weighted by atomic mass is 15.1. The minimum absolute atomic E-state index is 0.350. The summed E-state index contributed by atoms with van der Waals surface area (Å²) in [5, 5.41) is 2.62. The molecule has 0 amide bonds. The molecule has 8 aliphatic rings. The first-order valence-corrected chi connectivity index (χ1v) is 22.3. The van der Waals surface area contributed by atoms with Crippen molar-refractivity contribution in [3.63, 3.8) is 0 Å². The Labute approximate surface area is 333 Å². The van der Waals surface area contributed by atoms with Gasteiger partial charge in [-0.05, 0) is 198 Å². The number of nitrogens with zero attached hydrogens (tertiary/aromatic N) is 1. The van der Waals surface area contributed by atoms with Gasteiger partial charge in [0.25, 0.3) is 0 Å². The van der Waals surface area contributed by atoms with Gasteiger partial charge in [-0.1, -0.05) is 110 Å². The monoisotopic (exact) mass is 727 g/mol. The third-order valence-electron chi connectivity index (χ3n) is 17.2. The van der Waals surface area contributed by atoms with Crippen molar-refractivity contribution in [3.8, 4) is 22.3 Å². The molecule has 0 N–H and O–H groups in total. The fourth-order valence-corrected chi connectivity index (χ4v) is 15.3. The molecule has 0 radical (unpaired) electrons. The van der Waals surface area contributed by atoms with Crippen LogP contribution in [0.5, 0.6) is 0 Å². The molecule has 0 aliphatic heterocycles. The Morgan fingerprint density at radius 1 is 0.500 bits per heavy atom. The van der Waals surface area contributed by atoms with E-state index >= 15 is 0 Å². The summed E-state index contributed by atoms with van der Waals surface area (Å²) in [6.45, 7) is 0. The fraction of sp³-hybridized carbons (Fsp3) is 0.382. The molecule has 6 aromatic carbocycles. The van der Waals surface area contributed by atoms with E-state index in [-0.39, 0.29) is 0 Å². The molecular weight excluding hydrogens is 675 g/mol. The quantitative estimate of drug-likeness (QED) is 0.165. The van der Waals surface area contributed by atoms with Crippen molar-refractivity contribution in [1.82, 2.24) is 0 Å². The number of fused-ring (bicyclic) bond motifs is 4. The van der Waals surface area contributed by atoms with E-state index < -0.39 is 0 Å². The molecule has 7 unspecified atom stereocenters. The van der Waals surface area contributed by atoms with E-state index in [1.54, 1.807) is 16.7 Å². The second-order valence-electron chi connectivity index (χ2n) is 19.9. The van der Waals surface area contributed by atoms with Crippen LogP contribution < -0.4 is 4.90 Å². The van der Waals surface area contributed by atoms with Gasteiger partial charge in [0.1, 0.15) is 0 Å². The van der Waals surface area contributed by atoms with Crippen LogP contribution >= 0.6 is 0 Å². The smallest absolute Gasteiger partial charge is 0.0502 e. The summed E-state index contributed by atoms with van der Waals surface area (Å²) >= 11 is 0. The maximum absolute atomic E-state index is 2.88. The molecule has 56 heavy (non-hydrogen) atoms. The zero-order valence-corrected chi connectivity index (χ0v) is 32.7. The van der Waals surface area contributed by atoms with E-state index in [1.807, 2.05) is 0 Å². The van der Waals surface area contributed by atoms with Crippen LogP contribution in [0.25, 0.3) is 33.0 Å². The molecule has 7 atom stereocenters. The van der Waals surface area contributed by atoms with Crippen molar-refractivity contribution in [2.24, 2.45) is 35.5 Å². The van der Waals surface area contributed by atoms with Gasteiger partial charge < -0.3 is 4.90 Å². The Morgan fingerprint density at radius 3 is 2.00 bits per heavy atom. The lowest BCUT2D eigenvalue weighted by Gasteiger charge is -2.68. The van der Waals surface area contributed by atoms with Crippen molar-refractivity contribution in [2.45, 2.75) is 93.8 Å². The molecule has 0 aromatic heterocycles. The molecule has 8 aliphatic carbocycles. The van der Waals surface area contributed by atoms with Crippen molar-refractivity contribution < 1.29 is 0 Å². The third-order valence-corrected chi connectivity index (χ3v) is 17.2. The molecule has 7 fully saturated rings. The van der Waals surface area contributed by atoms with E-state index in [0.29, 0.717) is 10.8 Å². The maximum atomic E-state index is 2.88. The molecular formula is C55H53N. The lowest BCUT2D eigenvalue weighted by atomic mass is 9.36. The van der Waals surface area contributed by atoms with Crippen LogP contribution in [0.1, 0.15) is 99.7 Å². The molecule has 7 saturated carbocycles. The molecule has 278 valence electrons. The Hall–Kier alpha value is -4.62. The summed E-state index contributed by atoms with van der Waals surface area (Å²) in [4.78, 5) is 2.72. The van der Waals surface area contributed by atoms with Crippen LogP contribution in [0.15, 0.2) is 133 Å². The van der Waals surface area contributed by atoms with E-state index in [2.05, 4.69) is 138 Å². The predicted molar refractivity (Wildman–Crippen MR) is 232 cm³/mol. The zero-order chi connectivity index (χ0) is 36.6. The van der Waals surface area contributed by atoms with Gasteiger partial charge in [-0.3, -0.25) is 0 Å². The molecule has 1 spiro atoms. The van der Waals surface area contributed by atoms with Gasteiger partial charge in [-0.15, -0.1) is 0 Å². The zero-order valence-electron chi connectivity index (χ0n) is 32.7. The van der Waals surface area contributed by atoms with Crippen LogP contribution in [0.3, 0.4) is 0 Å². The summed E-state index contributed by atoms with van der Waals surface area (Å²) in [6, 6.07) is 51.4. The highest BCUT2D eigenvalue weighted by Crippen LogP contribution is 2.75. The Bertz CT molecular complexity index is 2470. The summed E-state index contributed by atoms with van der Waals surface area (Å²) in [6.07, 6.45) is 17.5. The average Bonchev–Trinajstić information content (AvgIpc) is 3.23. The van der Waals surface area contributed by atoms with Gasteiger partial charge in [0.15, 0.2) is 0 Å². The van der Waals surface area contributed by atoms with Crippen molar-refractivity contribution in [1.29, 1.82) is 0 Å². The van der Waals surface area contributed by atoms with Crippen LogP contribution in [0.2, 0.25) is 0 Å². The van der Waals surface area contributed by atoms with Crippen molar-refractivity contribution in [2.75, 3.05) is 4.90 Å². The Morgan fingerprint density at radius 2 is 1.20 bits per heavy atom. The van der Waals surface area contributed by atoms with Gasteiger partial charge in [0.2, 0.25) is 0 Å². The SMILES string of the molecule is c1ccc(-c2ccc(N(c3ccc(-c4cccc5ccccc45)cc3)c3cc(C45CCC6CCC(CC6C4)C5)cc4c3C3C5CC6CC(C5)CC43C6)cc2)cc1. The van der Waals surface area contributed by atoms with E-state index in [0.717, 1.165) is 41.4 Å². The second kappa shape index (κ2) is 12.0. The van der Waals surface area contributed by atoms with Crippen LogP contribution in [-0.2, 0) is 10.8 Å². The van der Waals surface area contributed by atoms with Crippen LogP contribution in [0.4, 0.5) is 17.1 Å². The standard InChI is InChI=1S/C55H53N/c1-2-7-38(8-3-1)39-15-19-46(20-16-39)56(47-21-17-42(18-22-47)49-12-6-10-41-9-4-5-11-48(41)49)51-30-45(54-24-23-40-14-13-35(31-54)26-44(40)34-54)29-50-52(51)53-43-27-36-25-37(28-43)33-55(50,53)32-36/h1-12,15-22,29-30,35-37,40,43-44,53H,13-14,23-28,31-34H2. The first-order valence-electron chi connectivity index (χ1n) is 22.3. The molecule has 14 rings (SSSR count). The highest BCUT2D eigenvalue weighted by molar-refractivity contribution is 5.97. The van der Waals surface area contributed by atoms with Crippen molar-refractivity contribution >= 4 is 27.8 Å². The van der Waals surface area contributed by atoms with E-state index in [9.17, 15) is 0 Å². The van der Waals surface area contributed by atoms with Gasteiger partial charge in [0, 0.05) is 16.8 Å². The van der Waals surface area contributed by atoms with Gasteiger partial charge in [0.05, 0.1) is 5.69 Å². The Kier molecular flexibility index (Phi) is 6.93. The second-order valence-corrected chi connectivity index (χ2v) is 19.9. The normalized spacial score (nSPS) is 32.8. The minimum atomic E-state index is 0.350. The minimum Gasteiger partial charge on any atom is -0.310 e. The molecule has 1 heteroatoms. The summed E-state index contributed by atoms with van der Waals surface area (Å²) < 4.78 is 0. The number of hydrogen-bond donors (Lipinski definition) is 0. The van der Waals surface area contributed by atoms with Gasteiger partial charge in [-0.2, -0.15) is 0 Å². The van der Waals surface area contributed by atoms with Crippen LogP contribution in [-0.4, -0.2) is 0 Å². The lowest BCUT2D eigenvalue weighted by Crippen LogP contribution is -2.60. The number of anilines is 3. The molecule has 7 bridgehead atoms. The lowest BCUT2D eigenvalue weighted by molar-refractivity contribution is -0.0481. The van der Waals surface area contributed by atoms with E-state index in [4.69, 9.17) is 0 Å². The topological polar surface area (TPSA) is 3.24 Å². The van der Waals surface area contributed by atoms with Gasteiger partial charge in [-0.25, -0.2) is 0 Å². The highest BCUT2D eigenvalue weighted by Gasteiger charge is 2.65. The maximum Gasteiger partial charge on any atom is 0.0502 e. The van der Waals surface area contributed by atoms with Crippen LogP contribution in [0, 0.1) is 35.5 Å². The van der Waals surface area contributed by atoms with E-state index in [1.165, 1.54) is 127 Å². The predicted octanol–water partition coefficient (Wildman–Crippen LogP) is 14.7. The molecule has 0 heterocycles. The first kappa shape index (κ1) is 32.5. The molecule has 1 nitrogen and oxygen atoms in total.